The lowest BCUT2D eigenvalue weighted by molar-refractivity contribution is -0.118. The predicted molar refractivity (Wildman–Crippen MR) is 128 cm³/mol. The van der Waals surface area contributed by atoms with Crippen molar-refractivity contribution in [1.29, 1.82) is 0 Å². The van der Waals surface area contributed by atoms with E-state index in [1.54, 1.807) is 42.5 Å². The summed E-state index contributed by atoms with van der Waals surface area (Å²) in [6.07, 6.45) is 0.658. The fraction of sp³-hybridized carbons (Fsp3) is 0.231. The summed E-state index contributed by atoms with van der Waals surface area (Å²) < 4.78 is 11.2. The van der Waals surface area contributed by atoms with Gasteiger partial charge in [0.2, 0.25) is 0 Å². The largest absolute Gasteiger partial charge is 0.494 e. The molecule has 7 heteroatoms. The highest BCUT2D eigenvalue weighted by molar-refractivity contribution is 6.30. The van der Waals surface area contributed by atoms with Crippen molar-refractivity contribution in [3.63, 3.8) is 0 Å². The molecule has 6 nitrogen and oxygen atoms in total. The maximum absolute atomic E-state index is 13.0. The average Bonchev–Trinajstić information content (AvgIpc) is 2.82. The highest BCUT2D eigenvalue weighted by Gasteiger charge is 2.26. The van der Waals surface area contributed by atoms with Gasteiger partial charge in [-0.25, -0.2) is 0 Å². The number of carbonyl (C=O) groups excluding carboxylic acids is 2. The number of hydrogen-bond acceptors (Lipinski definition) is 4. The fourth-order valence-electron chi connectivity index (χ4n) is 3.78. The van der Waals surface area contributed by atoms with Crippen molar-refractivity contribution in [2.75, 3.05) is 25.1 Å². The van der Waals surface area contributed by atoms with Crippen molar-refractivity contribution >= 4 is 29.1 Å². The van der Waals surface area contributed by atoms with Crippen LogP contribution in [0.2, 0.25) is 5.02 Å². The minimum Gasteiger partial charge on any atom is -0.494 e. The molecular formula is C26H25ClN2O4. The van der Waals surface area contributed by atoms with Crippen LogP contribution in [0.1, 0.15) is 28.4 Å². The van der Waals surface area contributed by atoms with Gasteiger partial charge in [-0.05, 0) is 67.4 Å². The Balaban J connectivity index is 1.37. The molecule has 33 heavy (non-hydrogen) atoms. The van der Waals surface area contributed by atoms with E-state index in [1.807, 2.05) is 36.1 Å². The van der Waals surface area contributed by atoms with E-state index in [1.165, 1.54) is 0 Å². The molecule has 170 valence electrons. The van der Waals surface area contributed by atoms with Crippen LogP contribution < -0.4 is 14.8 Å². The zero-order chi connectivity index (χ0) is 23.2. The Labute approximate surface area is 198 Å². The molecule has 3 aromatic rings. The van der Waals surface area contributed by atoms with Crippen molar-refractivity contribution in [3.8, 4) is 11.5 Å². The van der Waals surface area contributed by atoms with Gasteiger partial charge < -0.3 is 19.7 Å². The summed E-state index contributed by atoms with van der Waals surface area (Å²) in [4.78, 5) is 27.2. The Bertz CT molecular complexity index is 1130. The number of carbonyl (C=O) groups is 2. The standard InChI is InChI=1S/C26H25ClN2O4/c1-2-32-21-12-10-20(11-13-21)28-25(30)17-33-24-5-3-4-23-22(24)14-15-29(26(23)31)16-18-6-8-19(27)9-7-18/h3-13H,2,14-17H2,1H3,(H,28,30). The minimum absolute atomic E-state index is 0.0458. The molecule has 1 heterocycles. The Morgan fingerprint density at radius 2 is 1.79 bits per heavy atom. The van der Waals surface area contributed by atoms with E-state index in [0.717, 1.165) is 16.9 Å². The normalized spacial score (nSPS) is 12.8. The third-order valence-corrected chi connectivity index (χ3v) is 5.63. The van der Waals surface area contributed by atoms with Gasteiger partial charge in [0.05, 0.1) is 6.61 Å². The molecule has 3 aromatic carbocycles. The number of ether oxygens (including phenoxy) is 2. The van der Waals surface area contributed by atoms with Gasteiger partial charge in [-0.2, -0.15) is 0 Å². The molecule has 0 unspecified atom stereocenters. The third kappa shape index (κ3) is 5.65. The van der Waals surface area contributed by atoms with Crippen LogP contribution in [0.5, 0.6) is 11.5 Å². The summed E-state index contributed by atoms with van der Waals surface area (Å²) in [5.41, 5.74) is 3.13. The van der Waals surface area contributed by atoms with Gasteiger partial charge in [-0.1, -0.05) is 29.8 Å². The Morgan fingerprint density at radius 3 is 2.52 bits per heavy atom. The van der Waals surface area contributed by atoms with Gasteiger partial charge in [0.1, 0.15) is 11.5 Å². The predicted octanol–water partition coefficient (Wildman–Crippen LogP) is 4.95. The molecule has 0 spiro atoms. The first-order chi connectivity index (χ1) is 16.0. The second-order valence-corrected chi connectivity index (χ2v) is 8.12. The number of rotatable bonds is 8. The second kappa shape index (κ2) is 10.4. The SMILES string of the molecule is CCOc1ccc(NC(=O)COc2cccc3c2CCN(Cc2ccc(Cl)cc2)C3=O)cc1. The molecule has 1 aliphatic rings. The van der Waals surface area contributed by atoms with Crippen molar-refractivity contribution in [3.05, 3.63) is 88.4 Å². The van der Waals surface area contributed by atoms with Gasteiger partial charge in [0.15, 0.2) is 6.61 Å². The summed E-state index contributed by atoms with van der Waals surface area (Å²) in [6, 6.07) is 20.0. The number of fused-ring (bicyclic) bond motifs is 1. The Hall–Kier alpha value is -3.51. The smallest absolute Gasteiger partial charge is 0.262 e. The zero-order valence-electron chi connectivity index (χ0n) is 18.3. The molecule has 0 atom stereocenters. The van der Waals surface area contributed by atoms with Crippen molar-refractivity contribution in [2.45, 2.75) is 19.9 Å². The van der Waals surface area contributed by atoms with E-state index >= 15 is 0 Å². The van der Waals surface area contributed by atoms with Crippen LogP contribution in [0.3, 0.4) is 0 Å². The highest BCUT2D eigenvalue weighted by atomic mass is 35.5. The number of amides is 2. The maximum atomic E-state index is 13.0. The van der Waals surface area contributed by atoms with E-state index in [4.69, 9.17) is 21.1 Å². The van der Waals surface area contributed by atoms with E-state index in [9.17, 15) is 9.59 Å². The number of halogens is 1. The van der Waals surface area contributed by atoms with E-state index < -0.39 is 0 Å². The van der Waals surface area contributed by atoms with Crippen LogP contribution >= 0.6 is 11.6 Å². The van der Waals surface area contributed by atoms with E-state index in [-0.39, 0.29) is 18.4 Å². The second-order valence-electron chi connectivity index (χ2n) is 7.68. The lowest BCUT2D eigenvalue weighted by Gasteiger charge is -2.29. The van der Waals surface area contributed by atoms with Crippen molar-refractivity contribution in [1.82, 2.24) is 4.90 Å². The molecule has 0 radical (unpaired) electrons. The van der Waals surface area contributed by atoms with Crippen LogP contribution in [-0.4, -0.2) is 36.5 Å². The van der Waals surface area contributed by atoms with Crippen LogP contribution in [-0.2, 0) is 17.8 Å². The van der Waals surface area contributed by atoms with E-state index in [0.29, 0.717) is 48.1 Å². The van der Waals surface area contributed by atoms with Crippen molar-refractivity contribution < 1.29 is 19.1 Å². The average molecular weight is 465 g/mol. The quantitative estimate of drug-likeness (QED) is 0.512. The third-order valence-electron chi connectivity index (χ3n) is 5.38. The molecular weight excluding hydrogens is 440 g/mol. The van der Waals surface area contributed by atoms with Crippen LogP contribution in [0.25, 0.3) is 0 Å². The maximum Gasteiger partial charge on any atom is 0.262 e. The summed E-state index contributed by atoms with van der Waals surface area (Å²) in [6.45, 7) is 3.45. The topological polar surface area (TPSA) is 67.9 Å². The Morgan fingerprint density at radius 1 is 1.03 bits per heavy atom. The summed E-state index contributed by atoms with van der Waals surface area (Å²) in [7, 11) is 0. The van der Waals surface area contributed by atoms with Crippen molar-refractivity contribution in [2.24, 2.45) is 0 Å². The summed E-state index contributed by atoms with van der Waals surface area (Å²) in [5, 5.41) is 3.47. The van der Waals surface area contributed by atoms with Crippen LogP contribution in [0.4, 0.5) is 5.69 Å². The first-order valence-electron chi connectivity index (χ1n) is 10.8. The van der Waals surface area contributed by atoms with Gasteiger partial charge in [0, 0.05) is 34.9 Å². The fourth-order valence-corrected chi connectivity index (χ4v) is 3.91. The number of hydrogen-bond donors (Lipinski definition) is 1. The highest BCUT2D eigenvalue weighted by Crippen LogP contribution is 2.29. The molecule has 1 N–H and O–H groups in total. The van der Waals surface area contributed by atoms with Crippen LogP contribution in [0.15, 0.2) is 66.7 Å². The molecule has 0 aromatic heterocycles. The van der Waals surface area contributed by atoms with E-state index in [2.05, 4.69) is 5.32 Å². The number of benzene rings is 3. The first-order valence-corrected chi connectivity index (χ1v) is 11.2. The molecule has 0 saturated heterocycles. The number of nitrogens with one attached hydrogen (secondary N) is 1. The molecule has 1 aliphatic heterocycles. The van der Waals surface area contributed by atoms with Crippen LogP contribution in [0, 0.1) is 0 Å². The zero-order valence-corrected chi connectivity index (χ0v) is 19.1. The molecule has 0 fully saturated rings. The number of nitrogens with zero attached hydrogens (tertiary/aromatic N) is 1. The summed E-state index contributed by atoms with van der Waals surface area (Å²) >= 11 is 5.95. The molecule has 4 rings (SSSR count). The Kier molecular flexibility index (Phi) is 7.15. The number of anilines is 1. The van der Waals surface area contributed by atoms with Gasteiger partial charge in [-0.3, -0.25) is 9.59 Å². The molecule has 2 amide bonds. The lowest BCUT2D eigenvalue weighted by Crippen LogP contribution is -2.37. The van der Waals surface area contributed by atoms with Gasteiger partial charge in [-0.15, -0.1) is 0 Å². The molecule has 0 saturated carbocycles. The summed E-state index contributed by atoms with van der Waals surface area (Å²) in [5.74, 6) is 0.991. The first kappa shape index (κ1) is 22.7. The lowest BCUT2D eigenvalue weighted by atomic mass is 9.97. The van der Waals surface area contributed by atoms with Gasteiger partial charge in [0.25, 0.3) is 11.8 Å². The molecule has 0 aliphatic carbocycles. The molecule has 0 bridgehead atoms. The minimum atomic E-state index is -0.275. The monoisotopic (exact) mass is 464 g/mol. The van der Waals surface area contributed by atoms with Gasteiger partial charge >= 0.3 is 0 Å².